The van der Waals surface area contributed by atoms with Crippen molar-refractivity contribution in [3.8, 4) is 0 Å². The van der Waals surface area contributed by atoms with Gasteiger partial charge in [0.1, 0.15) is 0 Å². The molecule has 2 N–H and O–H groups in total. The van der Waals surface area contributed by atoms with Crippen LogP contribution in [0.4, 0.5) is 16.2 Å². The van der Waals surface area contributed by atoms with Crippen molar-refractivity contribution in [2.24, 2.45) is 0 Å². The highest BCUT2D eigenvalue weighted by atomic mass is 32.2. The summed E-state index contributed by atoms with van der Waals surface area (Å²) in [5.41, 5.74) is 2.08. The van der Waals surface area contributed by atoms with Gasteiger partial charge in [0.05, 0.1) is 4.90 Å². The van der Waals surface area contributed by atoms with Gasteiger partial charge in [0, 0.05) is 24.5 Å². The Morgan fingerprint density at radius 1 is 0.926 bits per heavy atom. The minimum Gasteiger partial charge on any atom is -0.325 e. The molecule has 0 bridgehead atoms. The van der Waals surface area contributed by atoms with Gasteiger partial charge in [-0.25, -0.2) is 13.2 Å². The number of sulfonamides is 1. The summed E-state index contributed by atoms with van der Waals surface area (Å²) in [7, 11) is -3.67. The third-order valence-electron chi connectivity index (χ3n) is 4.58. The number of aryl methyl sites for hydroxylation is 1. The highest BCUT2D eigenvalue weighted by Crippen LogP contribution is 2.19. The molecule has 1 aliphatic rings. The Hall–Kier alpha value is -2.54. The Labute approximate surface area is 160 Å². The number of hydrogen-bond donors (Lipinski definition) is 2. The maximum Gasteiger partial charge on any atom is 0.321 e. The molecule has 0 spiro atoms. The summed E-state index contributed by atoms with van der Waals surface area (Å²) in [5.74, 6) is 0. The van der Waals surface area contributed by atoms with Crippen LogP contribution < -0.4 is 10.0 Å². The van der Waals surface area contributed by atoms with E-state index >= 15 is 0 Å². The standard InChI is InChI=1S/C20H25N3O3S/c1-16-7-6-8-18(15-16)22-27(25,26)19-11-9-17(10-12-19)21-20(24)23-13-4-2-3-5-14-23/h6-12,15,22H,2-5,13-14H2,1H3,(H,21,24). The molecule has 0 unspecified atom stereocenters. The van der Waals surface area contributed by atoms with E-state index in [0.29, 0.717) is 11.4 Å². The highest BCUT2D eigenvalue weighted by Gasteiger charge is 2.17. The summed E-state index contributed by atoms with van der Waals surface area (Å²) in [5, 5.41) is 2.85. The molecule has 2 aromatic carbocycles. The van der Waals surface area contributed by atoms with Gasteiger partial charge in [0.15, 0.2) is 0 Å². The Bertz CT molecular complexity index is 887. The summed E-state index contributed by atoms with van der Waals surface area (Å²) < 4.78 is 27.6. The molecular weight excluding hydrogens is 362 g/mol. The third kappa shape index (κ3) is 5.23. The van der Waals surface area contributed by atoms with E-state index in [0.717, 1.165) is 44.3 Å². The van der Waals surface area contributed by atoms with E-state index in [1.54, 1.807) is 30.3 Å². The number of amides is 2. The second kappa shape index (κ2) is 8.43. The maximum atomic E-state index is 12.5. The monoisotopic (exact) mass is 387 g/mol. The molecule has 3 rings (SSSR count). The number of benzene rings is 2. The number of anilines is 2. The number of carbonyl (C=O) groups excluding carboxylic acids is 1. The Morgan fingerprint density at radius 3 is 2.22 bits per heavy atom. The average Bonchev–Trinajstić information content (AvgIpc) is 2.91. The molecule has 1 aliphatic heterocycles. The van der Waals surface area contributed by atoms with Crippen molar-refractivity contribution in [1.82, 2.24) is 4.90 Å². The zero-order chi connectivity index (χ0) is 19.3. The van der Waals surface area contributed by atoms with Crippen molar-refractivity contribution in [3.05, 3.63) is 54.1 Å². The number of nitrogens with zero attached hydrogens (tertiary/aromatic N) is 1. The van der Waals surface area contributed by atoms with Crippen molar-refractivity contribution in [1.29, 1.82) is 0 Å². The van der Waals surface area contributed by atoms with Crippen LogP contribution in [0.1, 0.15) is 31.2 Å². The molecule has 6 nitrogen and oxygen atoms in total. The molecule has 0 radical (unpaired) electrons. The fourth-order valence-electron chi connectivity index (χ4n) is 3.12. The molecule has 1 saturated heterocycles. The molecule has 1 fully saturated rings. The first kappa shape index (κ1) is 19.2. The van der Waals surface area contributed by atoms with E-state index in [1.165, 1.54) is 12.1 Å². The van der Waals surface area contributed by atoms with E-state index in [-0.39, 0.29) is 10.9 Å². The SMILES string of the molecule is Cc1cccc(NS(=O)(=O)c2ccc(NC(=O)N3CCCCCC3)cc2)c1. The summed E-state index contributed by atoms with van der Waals surface area (Å²) in [6.45, 7) is 3.43. The zero-order valence-corrected chi connectivity index (χ0v) is 16.3. The number of likely N-dealkylation sites (tertiary alicyclic amines) is 1. The fraction of sp³-hybridized carbons (Fsp3) is 0.350. The third-order valence-corrected chi connectivity index (χ3v) is 5.98. The van der Waals surface area contributed by atoms with Crippen molar-refractivity contribution in [3.63, 3.8) is 0 Å². The first-order valence-electron chi connectivity index (χ1n) is 9.19. The Balaban J connectivity index is 1.66. The second-order valence-electron chi connectivity index (χ2n) is 6.83. The van der Waals surface area contributed by atoms with Crippen molar-refractivity contribution < 1.29 is 13.2 Å². The van der Waals surface area contributed by atoms with Crippen LogP contribution in [0, 0.1) is 6.92 Å². The number of rotatable bonds is 4. The average molecular weight is 388 g/mol. The number of nitrogens with one attached hydrogen (secondary N) is 2. The van der Waals surface area contributed by atoms with Gasteiger partial charge in [-0.15, -0.1) is 0 Å². The summed E-state index contributed by atoms with van der Waals surface area (Å²) in [4.78, 5) is 14.3. The maximum absolute atomic E-state index is 12.5. The van der Waals surface area contributed by atoms with E-state index in [1.807, 2.05) is 17.9 Å². The van der Waals surface area contributed by atoms with Gasteiger partial charge < -0.3 is 10.2 Å². The minimum absolute atomic E-state index is 0.134. The Morgan fingerprint density at radius 2 is 1.59 bits per heavy atom. The first-order valence-corrected chi connectivity index (χ1v) is 10.7. The number of urea groups is 1. The largest absolute Gasteiger partial charge is 0.325 e. The van der Waals surface area contributed by atoms with Crippen LogP contribution in [0.3, 0.4) is 0 Å². The molecule has 2 aromatic rings. The van der Waals surface area contributed by atoms with Crippen LogP contribution in [0.5, 0.6) is 0 Å². The molecule has 0 aliphatic carbocycles. The summed E-state index contributed by atoms with van der Waals surface area (Å²) >= 11 is 0. The number of hydrogen-bond acceptors (Lipinski definition) is 3. The van der Waals surface area contributed by atoms with Crippen LogP contribution in [0.25, 0.3) is 0 Å². The lowest BCUT2D eigenvalue weighted by atomic mass is 10.2. The lowest BCUT2D eigenvalue weighted by molar-refractivity contribution is 0.214. The molecule has 0 saturated carbocycles. The normalized spacial score (nSPS) is 15.1. The lowest BCUT2D eigenvalue weighted by Crippen LogP contribution is -2.35. The van der Waals surface area contributed by atoms with Crippen molar-refractivity contribution in [2.45, 2.75) is 37.5 Å². The molecule has 144 valence electrons. The minimum atomic E-state index is -3.67. The van der Waals surface area contributed by atoms with Crippen LogP contribution in [-0.2, 0) is 10.0 Å². The smallest absolute Gasteiger partial charge is 0.321 e. The van der Waals surface area contributed by atoms with Crippen LogP contribution in [0.15, 0.2) is 53.4 Å². The van der Waals surface area contributed by atoms with Crippen LogP contribution >= 0.6 is 0 Å². The molecule has 0 aromatic heterocycles. The lowest BCUT2D eigenvalue weighted by Gasteiger charge is -2.20. The molecule has 7 heteroatoms. The quantitative estimate of drug-likeness (QED) is 0.825. The number of carbonyl (C=O) groups is 1. The molecule has 1 heterocycles. The van der Waals surface area contributed by atoms with Crippen LogP contribution in [0.2, 0.25) is 0 Å². The topological polar surface area (TPSA) is 78.5 Å². The van der Waals surface area contributed by atoms with Gasteiger partial charge in [0.25, 0.3) is 10.0 Å². The van der Waals surface area contributed by atoms with Gasteiger partial charge >= 0.3 is 6.03 Å². The van der Waals surface area contributed by atoms with Gasteiger partial charge in [-0.05, 0) is 61.7 Å². The molecule has 2 amide bonds. The predicted molar refractivity (Wildman–Crippen MR) is 107 cm³/mol. The summed E-state index contributed by atoms with van der Waals surface area (Å²) in [6, 6.07) is 13.3. The molecule has 0 atom stereocenters. The van der Waals surface area contributed by atoms with E-state index in [2.05, 4.69) is 10.0 Å². The van der Waals surface area contributed by atoms with Gasteiger partial charge in [-0.1, -0.05) is 25.0 Å². The fourth-order valence-corrected chi connectivity index (χ4v) is 4.17. The van der Waals surface area contributed by atoms with Crippen molar-refractivity contribution >= 4 is 27.4 Å². The summed E-state index contributed by atoms with van der Waals surface area (Å²) in [6.07, 6.45) is 4.36. The van der Waals surface area contributed by atoms with Gasteiger partial charge in [-0.3, -0.25) is 4.72 Å². The van der Waals surface area contributed by atoms with Gasteiger partial charge in [0.2, 0.25) is 0 Å². The van der Waals surface area contributed by atoms with Gasteiger partial charge in [-0.2, -0.15) is 0 Å². The molecule has 27 heavy (non-hydrogen) atoms. The van der Waals surface area contributed by atoms with E-state index in [9.17, 15) is 13.2 Å². The Kier molecular flexibility index (Phi) is 6.01. The van der Waals surface area contributed by atoms with E-state index < -0.39 is 10.0 Å². The highest BCUT2D eigenvalue weighted by molar-refractivity contribution is 7.92. The molecular formula is C20H25N3O3S. The van der Waals surface area contributed by atoms with Crippen LogP contribution in [-0.4, -0.2) is 32.4 Å². The second-order valence-corrected chi connectivity index (χ2v) is 8.51. The predicted octanol–water partition coefficient (Wildman–Crippen LogP) is 4.20. The zero-order valence-electron chi connectivity index (χ0n) is 15.4. The van der Waals surface area contributed by atoms with E-state index in [4.69, 9.17) is 0 Å². The van der Waals surface area contributed by atoms with Crippen molar-refractivity contribution in [2.75, 3.05) is 23.1 Å². The first-order chi connectivity index (χ1) is 12.9.